The van der Waals surface area contributed by atoms with Crippen LogP contribution in [-0.4, -0.2) is 24.3 Å². The van der Waals surface area contributed by atoms with E-state index in [9.17, 15) is 0 Å². The summed E-state index contributed by atoms with van der Waals surface area (Å²) in [5.41, 5.74) is 3.85. The van der Waals surface area contributed by atoms with Gasteiger partial charge in [-0.2, -0.15) is 0 Å². The summed E-state index contributed by atoms with van der Waals surface area (Å²) < 4.78 is 6.51. The molecule has 0 amide bonds. The van der Waals surface area contributed by atoms with E-state index < -0.39 is 0 Å². The quantitative estimate of drug-likeness (QED) is 0.863. The summed E-state index contributed by atoms with van der Waals surface area (Å²) in [7, 11) is 0. The van der Waals surface area contributed by atoms with Crippen molar-refractivity contribution in [3.63, 3.8) is 0 Å². The summed E-state index contributed by atoms with van der Waals surface area (Å²) in [4.78, 5) is 0. The molecule has 1 aliphatic heterocycles. The number of hydrogen-bond acceptors (Lipinski definition) is 2. The summed E-state index contributed by atoms with van der Waals surface area (Å²) in [5.74, 6) is 0.472. The summed E-state index contributed by atoms with van der Waals surface area (Å²) in [5, 5.41) is 3.73. The Morgan fingerprint density at radius 3 is 2.46 bits per heavy atom. The van der Waals surface area contributed by atoms with Gasteiger partial charge in [0.2, 0.25) is 0 Å². The highest BCUT2D eigenvalue weighted by molar-refractivity contribution is 5.75. The van der Waals surface area contributed by atoms with Gasteiger partial charge in [0.1, 0.15) is 0 Å². The minimum absolute atomic E-state index is 0.0715. The zero-order valence-electron chi connectivity index (χ0n) is 14.7. The Hall–Kier alpha value is -2.42. The fraction of sp³-hybridized carbons (Fsp3) is 0.250. The molecule has 5 rings (SSSR count). The van der Waals surface area contributed by atoms with Crippen molar-refractivity contribution < 1.29 is 4.74 Å². The van der Waals surface area contributed by atoms with E-state index in [1.54, 1.807) is 0 Å². The number of rotatable bonds is 2. The van der Waals surface area contributed by atoms with Gasteiger partial charge in [0.25, 0.3) is 0 Å². The van der Waals surface area contributed by atoms with Crippen LogP contribution in [0.1, 0.15) is 12.0 Å². The molecule has 0 saturated carbocycles. The summed E-state index contributed by atoms with van der Waals surface area (Å²) in [6.07, 6.45) is 23.6. The van der Waals surface area contributed by atoms with Crippen molar-refractivity contribution in [1.29, 1.82) is 0 Å². The molecular formula is C24H23NO. The fourth-order valence-corrected chi connectivity index (χ4v) is 4.18. The molecule has 1 fully saturated rings. The van der Waals surface area contributed by atoms with Crippen LogP contribution in [0, 0.1) is 5.92 Å². The molecule has 1 N–H and O–H groups in total. The van der Waals surface area contributed by atoms with Crippen LogP contribution in [0.15, 0.2) is 96.7 Å². The molecule has 2 nitrogen and oxygen atoms in total. The minimum atomic E-state index is 0.0715. The highest BCUT2D eigenvalue weighted by atomic mass is 16.5. The molecular weight excluding hydrogens is 318 g/mol. The molecule has 5 atom stereocenters. The van der Waals surface area contributed by atoms with Crippen molar-refractivity contribution in [3.05, 3.63) is 102 Å². The Labute approximate surface area is 155 Å². The third kappa shape index (κ3) is 2.96. The van der Waals surface area contributed by atoms with Crippen molar-refractivity contribution in [2.75, 3.05) is 0 Å². The Morgan fingerprint density at radius 1 is 0.846 bits per heavy atom. The van der Waals surface area contributed by atoms with Gasteiger partial charge in [-0.25, -0.2) is 0 Å². The fourth-order valence-electron chi connectivity index (χ4n) is 4.18. The van der Waals surface area contributed by atoms with Gasteiger partial charge in [-0.3, -0.25) is 5.32 Å². The van der Waals surface area contributed by atoms with Gasteiger partial charge < -0.3 is 4.74 Å². The molecule has 1 heterocycles. The lowest BCUT2D eigenvalue weighted by Crippen LogP contribution is -2.57. The molecule has 1 aromatic rings. The van der Waals surface area contributed by atoms with Crippen LogP contribution >= 0.6 is 0 Å². The van der Waals surface area contributed by atoms with E-state index in [0.29, 0.717) is 5.92 Å². The second-order valence-corrected chi connectivity index (χ2v) is 7.31. The normalized spacial score (nSPS) is 34.7. The number of allylic oxidation sites excluding steroid dienone is 8. The molecule has 4 aliphatic rings. The first-order valence-corrected chi connectivity index (χ1v) is 9.47. The molecule has 0 bridgehead atoms. The predicted octanol–water partition coefficient (Wildman–Crippen LogP) is 4.36. The number of benzene rings is 1. The van der Waals surface area contributed by atoms with Gasteiger partial charge in [-0.05, 0) is 29.2 Å². The monoisotopic (exact) mass is 341 g/mol. The maximum absolute atomic E-state index is 6.51. The smallest absolute Gasteiger partial charge is 0.0962 e. The summed E-state index contributed by atoms with van der Waals surface area (Å²) in [6.45, 7) is 0. The van der Waals surface area contributed by atoms with Crippen LogP contribution < -0.4 is 5.32 Å². The molecule has 0 radical (unpaired) electrons. The maximum Gasteiger partial charge on any atom is 0.0962 e. The topological polar surface area (TPSA) is 21.3 Å². The van der Waals surface area contributed by atoms with Crippen molar-refractivity contribution in [3.8, 4) is 0 Å². The van der Waals surface area contributed by atoms with Gasteiger partial charge in [0.05, 0.1) is 24.3 Å². The number of hydrogen-bond donors (Lipinski definition) is 1. The average molecular weight is 341 g/mol. The molecule has 1 saturated heterocycles. The zero-order valence-corrected chi connectivity index (χ0v) is 14.7. The number of fused-ring (bicyclic) bond motifs is 2. The third-order valence-corrected chi connectivity index (χ3v) is 5.60. The lowest BCUT2D eigenvalue weighted by atomic mass is 9.85. The van der Waals surface area contributed by atoms with E-state index >= 15 is 0 Å². The van der Waals surface area contributed by atoms with Gasteiger partial charge in [0.15, 0.2) is 0 Å². The van der Waals surface area contributed by atoms with Crippen LogP contribution in [0.2, 0.25) is 0 Å². The van der Waals surface area contributed by atoms with Crippen LogP contribution in [-0.2, 0) is 4.74 Å². The largest absolute Gasteiger partial charge is 0.363 e. The van der Waals surface area contributed by atoms with E-state index in [-0.39, 0.29) is 24.3 Å². The second-order valence-electron chi connectivity index (χ2n) is 7.31. The highest BCUT2D eigenvalue weighted by Crippen LogP contribution is 2.32. The van der Waals surface area contributed by atoms with Crippen LogP contribution in [0.25, 0.3) is 5.57 Å². The van der Waals surface area contributed by atoms with E-state index in [1.165, 1.54) is 16.7 Å². The Morgan fingerprint density at radius 2 is 1.65 bits per heavy atom. The summed E-state index contributed by atoms with van der Waals surface area (Å²) in [6, 6.07) is 11.0. The SMILES string of the molecule is C1=CCC(C2=CC3OC4C=C(c5ccccc5)C=CC4NC3C=C2)C=C1. The van der Waals surface area contributed by atoms with Gasteiger partial charge in [-0.1, -0.05) is 85.0 Å². The van der Waals surface area contributed by atoms with Gasteiger partial charge >= 0.3 is 0 Å². The standard InChI is InChI=1S/C24H23NO/c1-3-7-17(8-4-1)19-11-13-21-23(15-19)26-24-16-20(12-14-22(24)25-21)18-9-5-2-6-10-18/h1-9,11-16,18,21-25H,10H2. The first-order chi connectivity index (χ1) is 12.9. The number of morpholine rings is 1. The average Bonchev–Trinajstić information content (AvgIpc) is 2.73. The maximum atomic E-state index is 6.51. The van der Waals surface area contributed by atoms with Crippen molar-refractivity contribution in [1.82, 2.24) is 5.32 Å². The number of ether oxygens (including phenoxy) is 1. The first kappa shape index (κ1) is 15.8. The first-order valence-electron chi connectivity index (χ1n) is 9.47. The van der Waals surface area contributed by atoms with Crippen molar-refractivity contribution in [2.24, 2.45) is 5.92 Å². The van der Waals surface area contributed by atoms with Gasteiger partial charge in [-0.15, -0.1) is 0 Å². The molecule has 26 heavy (non-hydrogen) atoms. The molecule has 130 valence electrons. The van der Waals surface area contributed by atoms with Crippen molar-refractivity contribution in [2.45, 2.75) is 30.7 Å². The zero-order chi connectivity index (χ0) is 17.3. The summed E-state index contributed by atoms with van der Waals surface area (Å²) >= 11 is 0. The van der Waals surface area contributed by atoms with Crippen LogP contribution in [0.3, 0.4) is 0 Å². The third-order valence-electron chi connectivity index (χ3n) is 5.60. The second kappa shape index (κ2) is 6.71. The number of nitrogens with one attached hydrogen (secondary N) is 1. The van der Waals surface area contributed by atoms with E-state index in [1.807, 2.05) is 0 Å². The highest BCUT2D eigenvalue weighted by Gasteiger charge is 2.36. The lowest BCUT2D eigenvalue weighted by Gasteiger charge is -2.42. The Bertz CT molecular complexity index is 855. The van der Waals surface area contributed by atoms with E-state index in [0.717, 1.165) is 6.42 Å². The molecule has 0 aromatic heterocycles. The Balaban J connectivity index is 1.37. The molecule has 1 aromatic carbocycles. The van der Waals surface area contributed by atoms with E-state index in [2.05, 4.69) is 96.4 Å². The van der Waals surface area contributed by atoms with Crippen LogP contribution in [0.4, 0.5) is 0 Å². The van der Waals surface area contributed by atoms with Gasteiger partial charge in [0, 0.05) is 5.92 Å². The van der Waals surface area contributed by atoms with E-state index in [4.69, 9.17) is 4.74 Å². The Kier molecular flexibility index (Phi) is 4.08. The van der Waals surface area contributed by atoms with Crippen LogP contribution in [0.5, 0.6) is 0 Å². The molecule has 0 spiro atoms. The molecule has 3 aliphatic carbocycles. The minimum Gasteiger partial charge on any atom is -0.363 e. The lowest BCUT2D eigenvalue weighted by molar-refractivity contribution is -0.0216. The molecule has 5 unspecified atom stereocenters. The molecule has 2 heteroatoms. The van der Waals surface area contributed by atoms with Crippen molar-refractivity contribution >= 4 is 5.57 Å². The predicted molar refractivity (Wildman–Crippen MR) is 107 cm³/mol.